The Balaban J connectivity index is 2.34. The molecule has 16 heavy (non-hydrogen) atoms. The topological polar surface area (TPSA) is 78.4 Å². The molecule has 0 atom stereocenters. The molecule has 0 aromatic heterocycles. The fraction of sp³-hybridized carbons (Fsp3) is 0.273. The van der Waals surface area contributed by atoms with Crippen LogP contribution in [0.25, 0.3) is 0 Å². The molecule has 0 fully saturated rings. The second kappa shape index (κ2) is 5.75. The van der Waals surface area contributed by atoms with Crippen LogP contribution in [-0.4, -0.2) is 23.5 Å². The van der Waals surface area contributed by atoms with E-state index in [0.717, 1.165) is 5.56 Å². The van der Waals surface area contributed by atoms with E-state index in [9.17, 15) is 14.7 Å². The maximum absolute atomic E-state index is 11.2. The molecular formula is C11H14N2O3. The van der Waals surface area contributed by atoms with Crippen LogP contribution in [0.2, 0.25) is 0 Å². The maximum Gasteiger partial charge on any atom is 0.239 e. The summed E-state index contributed by atoms with van der Waals surface area (Å²) in [5.41, 5.74) is 0.802. The number of hydrogen-bond acceptors (Lipinski definition) is 3. The van der Waals surface area contributed by atoms with Crippen LogP contribution in [0.4, 0.5) is 0 Å². The molecule has 3 N–H and O–H groups in total. The van der Waals surface area contributed by atoms with Gasteiger partial charge in [0.1, 0.15) is 5.75 Å². The SMILES string of the molecule is CC(=O)NCC(=O)NCc1cccc(O)c1. The Hall–Kier alpha value is -2.04. The van der Waals surface area contributed by atoms with E-state index < -0.39 is 0 Å². The second-order valence-electron chi connectivity index (χ2n) is 3.36. The lowest BCUT2D eigenvalue weighted by Gasteiger charge is -2.05. The van der Waals surface area contributed by atoms with Gasteiger partial charge < -0.3 is 15.7 Å². The van der Waals surface area contributed by atoms with Crippen molar-refractivity contribution in [2.45, 2.75) is 13.5 Å². The summed E-state index contributed by atoms with van der Waals surface area (Å²) in [6, 6.07) is 6.62. The van der Waals surface area contributed by atoms with Gasteiger partial charge in [0.15, 0.2) is 0 Å². The Morgan fingerprint density at radius 3 is 2.69 bits per heavy atom. The summed E-state index contributed by atoms with van der Waals surface area (Å²) in [5.74, 6) is -0.348. The van der Waals surface area contributed by atoms with Crippen LogP contribution in [0.5, 0.6) is 5.75 Å². The smallest absolute Gasteiger partial charge is 0.239 e. The zero-order chi connectivity index (χ0) is 12.0. The van der Waals surface area contributed by atoms with Crippen molar-refractivity contribution in [3.8, 4) is 5.75 Å². The van der Waals surface area contributed by atoms with Crippen molar-refractivity contribution in [2.75, 3.05) is 6.54 Å². The lowest BCUT2D eigenvalue weighted by molar-refractivity contribution is -0.125. The van der Waals surface area contributed by atoms with Crippen LogP contribution in [0.1, 0.15) is 12.5 Å². The molecule has 0 saturated heterocycles. The number of phenols is 1. The highest BCUT2D eigenvalue weighted by molar-refractivity contribution is 5.83. The molecule has 86 valence electrons. The lowest BCUT2D eigenvalue weighted by Crippen LogP contribution is -2.35. The van der Waals surface area contributed by atoms with Gasteiger partial charge in [-0.2, -0.15) is 0 Å². The Labute approximate surface area is 93.5 Å². The number of amides is 2. The Morgan fingerprint density at radius 2 is 2.06 bits per heavy atom. The zero-order valence-corrected chi connectivity index (χ0v) is 8.99. The summed E-state index contributed by atoms with van der Waals surface area (Å²) in [5, 5.41) is 14.2. The number of nitrogens with one attached hydrogen (secondary N) is 2. The van der Waals surface area contributed by atoms with Crippen LogP contribution in [0.3, 0.4) is 0 Å². The molecule has 0 aliphatic carbocycles. The predicted molar refractivity (Wildman–Crippen MR) is 58.6 cm³/mol. The first-order valence-electron chi connectivity index (χ1n) is 4.87. The third-order valence-corrected chi connectivity index (χ3v) is 1.90. The minimum absolute atomic E-state index is 0.0336. The number of benzene rings is 1. The fourth-order valence-electron chi connectivity index (χ4n) is 1.13. The molecule has 5 nitrogen and oxygen atoms in total. The molecule has 1 aromatic rings. The number of hydrogen-bond donors (Lipinski definition) is 3. The Kier molecular flexibility index (Phi) is 4.32. The van der Waals surface area contributed by atoms with E-state index >= 15 is 0 Å². The molecule has 1 rings (SSSR count). The maximum atomic E-state index is 11.2. The van der Waals surface area contributed by atoms with Crippen LogP contribution in [0, 0.1) is 0 Å². The van der Waals surface area contributed by atoms with Crippen molar-refractivity contribution < 1.29 is 14.7 Å². The second-order valence-corrected chi connectivity index (χ2v) is 3.36. The minimum Gasteiger partial charge on any atom is -0.508 e. The first-order chi connectivity index (χ1) is 7.58. The van der Waals surface area contributed by atoms with Gasteiger partial charge in [0, 0.05) is 13.5 Å². The first-order valence-corrected chi connectivity index (χ1v) is 4.87. The van der Waals surface area contributed by atoms with Crippen molar-refractivity contribution in [2.24, 2.45) is 0 Å². The molecule has 0 spiro atoms. The standard InChI is InChI=1S/C11H14N2O3/c1-8(14)12-7-11(16)13-6-9-3-2-4-10(15)5-9/h2-5,15H,6-7H2,1H3,(H,12,14)(H,13,16). The van der Waals surface area contributed by atoms with E-state index in [1.165, 1.54) is 6.92 Å². The normalized spacial score (nSPS) is 9.56. The highest BCUT2D eigenvalue weighted by Gasteiger charge is 2.02. The van der Waals surface area contributed by atoms with Crippen molar-refractivity contribution in [1.29, 1.82) is 0 Å². The fourth-order valence-corrected chi connectivity index (χ4v) is 1.13. The molecule has 0 unspecified atom stereocenters. The van der Waals surface area contributed by atoms with Gasteiger partial charge in [0.05, 0.1) is 6.54 Å². The van der Waals surface area contributed by atoms with Crippen molar-refractivity contribution in [3.05, 3.63) is 29.8 Å². The van der Waals surface area contributed by atoms with E-state index in [0.29, 0.717) is 6.54 Å². The molecule has 5 heteroatoms. The van der Waals surface area contributed by atoms with Gasteiger partial charge in [0.25, 0.3) is 0 Å². The molecule has 1 aromatic carbocycles. The number of carbonyl (C=O) groups excluding carboxylic acids is 2. The third kappa shape index (κ3) is 4.45. The quantitative estimate of drug-likeness (QED) is 0.678. The molecule has 0 radical (unpaired) electrons. The van der Waals surface area contributed by atoms with Gasteiger partial charge in [-0.3, -0.25) is 9.59 Å². The summed E-state index contributed by atoms with van der Waals surface area (Å²) in [7, 11) is 0. The third-order valence-electron chi connectivity index (χ3n) is 1.90. The largest absolute Gasteiger partial charge is 0.508 e. The molecule has 0 aliphatic rings. The number of carbonyl (C=O) groups is 2. The van der Waals surface area contributed by atoms with Gasteiger partial charge in [-0.05, 0) is 17.7 Å². The van der Waals surface area contributed by atoms with E-state index in [1.54, 1.807) is 24.3 Å². The Morgan fingerprint density at radius 1 is 1.31 bits per heavy atom. The summed E-state index contributed by atoms with van der Waals surface area (Å²) in [6.45, 7) is 1.64. The molecular weight excluding hydrogens is 208 g/mol. The molecule has 0 bridgehead atoms. The predicted octanol–water partition coefficient (Wildman–Crippen LogP) is 0.144. The summed E-state index contributed by atoms with van der Waals surface area (Å²) < 4.78 is 0. The van der Waals surface area contributed by atoms with Crippen molar-refractivity contribution in [1.82, 2.24) is 10.6 Å². The molecule has 0 aliphatic heterocycles. The zero-order valence-electron chi connectivity index (χ0n) is 8.99. The van der Waals surface area contributed by atoms with Crippen molar-refractivity contribution >= 4 is 11.8 Å². The Bertz CT molecular complexity index is 391. The first kappa shape index (κ1) is 12.0. The average Bonchev–Trinajstić information content (AvgIpc) is 2.23. The highest BCUT2D eigenvalue weighted by atomic mass is 16.3. The van der Waals surface area contributed by atoms with E-state index in [-0.39, 0.29) is 24.1 Å². The summed E-state index contributed by atoms with van der Waals surface area (Å²) >= 11 is 0. The molecule has 0 saturated carbocycles. The molecule has 2 amide bonds. The number of phenolic OH excluding ortho intramolecular Hbond substituents is 1. The van der Waals surface area contributed by atoms with Crippen LogP contribution in [0.15, 0.2) is 24.3 Å². The van der Waals surface area contributed by atoms with Gasteiger partial charge in [-0.1, -0.05) is 12.1 Å². The van der Waals surface area contributed by atoms with Gasteiger partial charge in [-0.25, -0.2) is 0 Å². The summed E-state index contributed by atoms with van der Waals surface area (Å²) in [6.07, 6.45) is 0. The van der Waals surface area contributed by atoms with Gasteiger partial charge in [0.2, 0.25) is 11.8 Å². The number of aromatic hydroxyl groups is 1. The monoisotopic (exact) mass is 222 g/mol. The minimum atomic E-state index is -0.265. The van der Waals surface area contributed by atoms with Crippen LogP contribution < -0.4 is 10.6 Å². The van der Waals surface area contributed by atoms with E-state index in [2.05, 4.69) is 10.6 Å². The van der Waals surface area contributed by atoms with Crippen molar-refractivity contribution in [3.63, 3.8) is 0 Å². The summed E-state index contributed by atoms with van der Waals surface area (Å²) in [4.78, 5) is 21.8. The van der Waals surface area contributed by atoms with Crippen LogP contribution in [-0.2, 0) is 16.1 Å². The molecule has 0 heterocycles. The van der Waals surface area contributed by atoms with E-state index in [1.807, 2.05) is 0 Å². The van der Waals surface area contributed by atoms with Gasteiger partial charge in [-0.15, -0.1) is 0 Å². The van der Waals surface area contributed by atoms with Crippen LogP contribution >= 0.6 is 0 Å². The highest BCUT2D eigenvalue weighted by Crippen LogP contribution is 2.10. The van der Waals surface area contributed by atoms with Gasteiger partial charge >= 0.3 is 0 Å². The van der Waals surface area contributed by atoms with E-state index in [4.69, 9.17) is 0 Å². The number of rotatable bonds is 4. The average molecular weight is 222 g/mol. The lowest BCUT2D eigenvalue weighted by atomic mass is 10.2.